The van der Waals surface area contributed by atoms with Crippen LogP contribution in [0.25, 0.3) is 11.1 Å². The lowest BCUT2D eigenvalue weighted by atomic mass is 9.81. The number of aryl methyl sites for hydroxylation is 1. The van der Waals surface area contributed by atoms with E-state index in [1.54, 1.807) is 0 Å². The predicted molar refractivity (Wildman–Crippen MR) is 126 cm³/mol. The number of hydrogen-bond donors (Lipinski definition) is 0. The lowest BCUT2D eigenvalue weighted by molar-refractivity contribution is -0.139. The second kappa shape index (κ2) is 9.07. The van der Waals surface area contributed by atoms with Crippen molar-refractivity contribution < 1.29 is 9.53 Å². The molecule has 1 aliphatic heterocycles. The Morgan fingerprint density at radius 3 is 2.32 bits per heavy atom. The number of hydrogen-bond acceptors (Lipinski definition) is 3. The van der Waals surface area contributed by atoms with Gasteiger partial charge in [-0.25, -0.2) is 0 Å². The number of carbonyl (C=O) groups excluding carboxylic acids is 1. The zero-order valence-electron chi connectivity index (χ0n) is 19.0. The summed E-state index contributed by atoms with van der Waals surface area (Å²) in [5, 5.41) is 0. The van der Waals surface area contributed by atoms with Crippen molar-refractivity contribution in [2.24, 2.45) is 0 Å². The number of nitrogens with zero attached hydrogens (tertiary/aromatic N) is 1. The number of carbonyl (C=O) groups is 1. The molecule has 0 fully saturated rings. The first-order valence-electron chi connectivity index (χ1n) is 11.0. The fraction of sp³-hybridized carbons (Fsp3) is 0.321. The molecule has 4 rings (SSSR count). The summed E-state index contributed by atoms with van der Waals surface area (Å²) in [5.41, 5.74) is 11.4. The lowest BCUT2D eigenvalue weighted by Crippen LogP contribution is -2.31. The molecule has 3 aromatic carbocycles. The van der Waals surface area contributed by atoms with Crippen molar-refractivity contribution in [3.05, 3.63) is 93.5 Å². The fourth-order valence-electron chi connectivity index (χ4n) is 4.85. The molecule has 0 amide bonds. The predicted octanol–water partition coefficient (Wildman–Crippen LogP) is 5.55. The van der Waals surface area contributed by atoms with Gasteiger partial charge >= 0.3 is 5.97 Å². The van der Waals surface area contributed by atoms with E-state index in [2.05, 4.69) is 80.3 Å². The highest BCUT2D eigenvalue weighted by Gasteiger charge is 2.26. The topological polar surface area (TPSA) is 29.5 Å². The Labute approximate surface area is 185 Å². The van der Waals surface area contributed by atoms with Gasteiger partial charge in [-0.1, -0.05) is 60.2 Å². The highest BCUT2D eigenvalue weighted by molar-refractivity contribution is 5.82. The van der Waals surface area contributed by atoms with E-state index in [-0.39, 0.29) is 5.97 Å². The van der Waals surface area contributed by atoms with Gasteiger partial charge in [-0.05, 0) is 71.7 Å². The molecule has 0 unspecified atom stereocenters. The monoisotopic (exact) mass is 413 g/mol. The van der Waals surface area contributed by atoms with Crippen molar-refractivity contribution in [1.82, 2.24) is 4.90 Å². The number of benzene rings is 3. The summed E-state index contributed by atoms with van der Waals surface area (Å²) >= 11 is 0. The molecule has 0 aromatic heterocycles. The van der Waals surface area contributed by atoms with Crippen molar-refractivity contribution in [3.8, 4) is 11.1 Å². The van der Waals surface area contributed by atoms with Crippen LogP contribution in [0.15, 0.2) is 54.6 Å². The van der Waals surface area contributed by atoms with Crippen LogP contribution in [0.3, 0.4) is 0 Å². The summed E-state index contributed by atoms with van der Waals surface area (Å²) in [5.74, 6) is -0.183. The molecule has 0 spiro atoms. The summed E-state index contributed by atoms with van der Waals surface area (Å²) in [6.07, 6.45) is 1.32. The summed E-state index contributed by atoms with van der Waals surface area (Å²) in [6, 6.07) is 19.3. The summed E-state index contributed by atoms with van der Waals surface area (Å²) < 4.78 is 5.04. The second-order valence-corrected chi connectivity index (χ2v) is 8.63. The van der Waals surface area contributed by atoms with E-state index in [0.717, 1.165) is 31.6 Å². The molecule has 0 saturated carbocycles. The number of fused-ring (bicyclic) bond motifs is 1. The first-order chi connectivity index (χ1) is 15.0. The molecule has 0 bridgehead atoms. The fourth-order valence-corrected chi connectivity index (χ4v) is 4.85. The lowest BCUT2D eigenvalue weighted by Gasteiger charge is -2.33. The van der Waals surface area contributed by atoms with Gasteiger partial charge in [0.05, 0.1) is 13.5 Å². The third-order valence-corrected chi connectivity index (χ3v) is 6.60. The number of rotatable bonds is 5. The molecule has 0 saturated heterocycles. The van der Waals surface area contributed by atoms with Crippen LogP contribution in [0.2, 0.25) is 0 Å². The zero-order valence-corrected chi connectivity index (χ0v) is 19.0. The molecule has 0 atom stereocenters. The van der Waals surface area contributed by atoms with Crippen LogP contribution >= 0.6 is 0 Å². The molecular weight excluding hydrogens is 382 g/mol. The molecular formula is C28H31NO2. The van der Waals surface area contributed by atoms with Gasteiger partial charge in [-0.3, -0.25) is 9.69 Å². The van der Waals surface area contributed by atoms with Crippen molar-refractivity contribution in [3.63, 3.8) is 0 Å². The second-order valence-electron chi connectivity index (χ2n) is 8.63. The maximum absolute atomic E-state index is 12.3. The third kappa shape index (κ3) is 4.42. The molecule has 3 nitrogen and oxygen atoms in total. The highest BCUT2D eigenvalue weighted by Crippen LogP contribution is 2.38. The van der Waals surface area contributed by atoms with E-state index in [1.807, 2.05) is 0 Å². The van der Waals surface area contributed by atoms with Crippen LogP contribution in [0.5, 0.6) is 0 Å². The van der Waals surface area contributed by atoms with E-state index < -0.39 is 0 Å². The Morgan fingerprint density at radius 2 is 1.65 bits per heavy atom. The van der Waals surface area contributed by atoms with Gasteiger partial charge in [0.2, 0.25) is 0 Å². The minimum Gasteiger partial charge on any atom is -0.469 e. The van der Waals surface area contributed by atoms with E-state index in [9.17, 15) is 4.79 Å². The minimum absolute atomic E-state index is 0.183. The van der Waals surface area contributed by atoms with Crippen LogP contribution in [0.1, 0.15) is 38.9 Å². The summed E-state index contributed by atoms with van der Waals surface area (Å²) in [7, 11) is 1.47. The van der Waals surface area contributed by atoms with Gasteiger partial charge in [0.25, 0.3) is 0 Å². The Kier molecular flexibility index (Phi) is 6.24. The molecule has 1 heterocycles. The molecule has 160 valence electrons. The van der Waals surface area contributed by atoms with Crippen molar-refractivity contribution in [1.29, 1.82) is 0 Å². The van der Waals surface area contributed by atoms with Gasteiger partial charge in [0, 0.05) is 19.6 Å². The average Bonchev–Trinajstić information content (AvgIpc) is 2.79. The van der Waals surface area contributed by atoms with Gasteiger partial charge in [0.15, 0.2) is 0 Å². The molecule has 3 heteroatoms. The Hall–Kier alpha value is -2.91. The zero-order chi connectivity index (χ0) is 22.0. The number of methoxy groups -OCH3 is 1. The molecule has 31 heavy (non-hydrogen) atoms. The smallest absolute Gasteiger partial charge is 0.310 e. The molecule has 0 N–H and O–H groups in total. The summed E-state index contributed by atoms with van der Waals surface area (Å²) in [6.45, 7) is 9.44. The van der Waals surface area contributed by atoms with Crippen LogP contribution in [0.4, 0.5) is 0 Å². The van der Waals surface area contributed by atoms with Crippen LogP contribution in [-0.2, 0) is 35.5 Å². The Bertz CT molecular complexity index is 1080. The molecule has 0 radical (unpaired) electrons. The van der Waals surface area contributed by atoms with Gasteiger partial charge < -0.3 is 4.74 Å². The van der Waals surface area contributed by atoms with Crippen molar-refractivity contribution in [2.45, 2.75) is 46.7 Å². The average molecular weight is 414 g/mol. The molecule has 1 aliphatic rings. The normalized spacial score (nSPS) is 13.7. The van der Waals surface area contributed by atoms with Crippen LogP contribution < -0.4 is 0 Å². The van der Waals surface area contributed by atoms with Gasteiger partial charge in [0.1, 0.15) is 0 Å². The third-order valence-electron chi connectivity index (χ3n) is 6.60. The highest BCUT2D eigenvalue weighted by atomic mass is 16.5. The van der Waals surface area contributed by atoms with E-state index in [0.29, 0.717) is 6.42 Å². The first kappa shape index (κ1) is 21.3. The maximum Gasteiger partial charge on any atom is 0.310 e. The summed E-state index contributed by atoms with van der Waals surface area (Å²) in [4.78, 5) is 14.8. The maximum atomic E-state index is 12.3. The quantitative estimate of drug-likeness (QED) is 0.514. The Morgan fingerprint density at radius 1 is 0.935 bits per heavy atom. The van der Waals surface area contributed by atoms with Crippen LogP contribution in [-0.4, -0.2) is 24.5 Å². The Balaban J connectivity index is 1.78. The van der Waals surface area contributed by atoms with E-state index in [1.165, 1.54) is 51.6 Å². The first-order valence-corrected chi connectivity index (χ1v) is 11.0. The largest absolute Gasteiger partial charge is 0.469 e. The van der Waals surface area contributed by atoms with Gasteiger partial charge in [-0.15, -0.1) is 0 Å². The molecule has 3 aromatic rings. The number of esters is 1. The van der Waals surface area contributed by atoms with Crippen LogP contribution in [0, 0.1) is 20.8 Å². The SMILES string of the molecule is COC(=O)Cc1c(C)c2c(c(C)c1-c1ccc(C)cc1)CN(Cc1ccccc1)CC2. The molecule has 0 aliphatic carbocycles. The van der Waals surface area contributed by atoms with E-state index in [4.69, 9.17) is 4.74 Å². The van der Waals surface area contributed by atoms with Crippen molar-refractivity contribution in [2.75, 3.05) is 13.7 Å². The number of ether oxygens (including phenoxy) is 1. The minimum atomic E-state index is -0.183. The van der Waals surface area contributed by atoms with Crippen molar-refractivity contribution >= 4 is 5.97 Å². The standard InChI is InChI=1S/C28H31NO2/c1-19-10-12-23(13-11-19)28-21(3)26-18-29(17-22-8-6-5-7-9-22)15-14-24(26)20(2)25(28)16-27(30)31-4/h5-13H,14-18H2,1-4H3. The van der Waals surface area contributed by atoms with Gasteiger partial charge in [-0.2, -0.15) is 0 Å². The van der Waals surface area contributed by atoms with E-state index >= 15 is 0 Å².